The lowest BCUT2D eigenvalue weighted by Crippen LogP contribution is -2.22. The third kappa shape index (κ3) is 3.53. The molecule has 88 valence electrons. The van der Waals surface area contributed by atoms with Gasteiger partial charge in [0, 0.05) is 13.0 Å². The number of benzene rings is 1. The first-order chi connectivity index (χ1) is 7.67. The predicted molar refractivity (Wildman–Crippen MR) is 59.7 cm³/mol. The van der Waals surface area contributed by atoms with Gasteiger partial charge in [0.15, 0.2) is 11.6 Å². The number of amides is 1. The van der Waals surface area contributed by atoms with Gasteiger partial charge in [0.25, 0.3) is 0 Å². The summed E-state index contributed by atoms with van der Waals surface area (Å²) in [5.41, 5.74) is 0.725. The van der Waals surface area contributed by atoms with Crippen molar-refractivity contribution in [3.63, 3.8) is 0 Å². The molecule has 0 aliphatic rings. The fourth-order valence-corrected chi connectivity index (χ4v) is 1.34. The minimum Gasteiger partial charge on any atom is -0.494 e. The fourth-order valence-electron chi connectivity index (χ4n) is 1.34. The minimum absolute atomic E-state index is 0.0151. The lowest BCUT2D eigenvalue weighted by Gasteiger charge is -2.06. The van der Waals surface area contributed by atoms with E-state index in [-0.39, 0.29) is 11.7 Å². The Morgan fingerprint density at radius 2 is 2.25 bits per heavy atom. The van der Waals surface area contributed by atoms with Crippen molar-refractivity contribution in [3.05, 3.63) is 29.6 Å². The zero-order valence-electron chi connectivity index (χ0n) is 9.55. The van der Waals surface area contributed by atoms with Crippen molar-refractivity contribution >= 4 is 5.91 Å². The lowest BCUT2D eigenvalue weighted by atomic mass is 10.2. The summed E-state index contributed by atoms with van der Waals surface area (Å²) in [5, 5.41) is 2.72. The Morgan fingerprint density at radius 1 is 1.50 bits per heavy atom. The zero-order valence-corrected chi connectivity index (χ0v) is 9.55. The summed E-state index contributed by atoms with van der Waals surface area (Å²) in [7, 11) is 1.42. The Morgan fingerprint density at radius 3 is 2.81 bits per heavy atom. The van der Waals surface area contributed by atoms with Gasteiger partial charge >= 0.3 is 0 Å². The second-order valence-corrected chi connectivity index (χ2v) is 3.50. The Balaban J connectivity index is 2.55. The Labute approximate surface area is 94.6 Å². The van der Waals surface area contributed by atoms with Crippen molar-refractivity contribution in [2.45, 2.75) is 26.3 Å². The van der Waals surface area contributed by atoms with Crippen LogP contribution in [0.3, 0.4) is 0 Å². The summed E-state index contributed by atoms with van der Waals surface area (Å²) < 4.78 is 18.1. The van der Waals surface area contributed by atoms with Gasteiger partial charge in [-0.25, -0.2) is 4.39 Å². The molecule has 0 saturated carbocycles. The second-order valence-electron chi connectivity index (χ2n) is 3.50. The van der Waals surface area contributed by atoms with Gasteiger partial charge in [-0.1, -0.05) is 13.0 Å². The van der Waals surface area contributed by atoms with Crippen LogP contribution in [0, 0.1) is 5.82 Å². The SMILES string of the molecule is CCCC(=O)NCc1ccc(OC)c(F)c1. The lowest BCUT2D eigenvalue weighted by molar-refractivity contribution is -0.121. The molecule has 4 heteroatoms. The fraction of sp³-hybridized carbons (Fsp3) is 0.417. The van der Waals surface area contributed by atoms with Crippen LogP contribution < -0.4 is 10.1 Å². The van der Waals surface area contributed by atoms with Gasteiger partial charge in [0.1, 0.15) is 0 Å². The number of methoxy groups -OCH3 is 1. The van der Waals surface area contributed by atoms with E-state index in [1.165, 1.54) is 13.2 Å². The first-order valence-electron chi connectivity index (χ1n) is 5.26. The van der Waals surface area contributed by atoms with Crippen LogP contribution in [0.15, 0.2) is 18.2 Å². The van der Waals surface area contributed by atoms with Crippen molar-refractivity contribution in [1.82, 2.24) is 5.32 Å². The number of hydrogen-bond donors (Lipinski definition) is 1. The highest BCUT2D eigenvalue weighted by molar-refractivity contribution is 5.75. The van der Waals surface area contributed by atoms with E-state index in [9.17, 15) is 9.18 Å². The molecule has 1 aromatic rings. The summed E-state index contributed by atoms with van der Waals surface area (Å²) in [6.07, 6.45) is 1.31. The molecule has 1 rings (SSSR count). The summed E-state index contributed by atoms with van der Waals surface area (Å²) in [4.78, 5) is 11.2. The molecule has 1 amide bonds. The molecule has 0 heterocycles. The molecule has 0 unspecified atom stereocenters. The summed E-state index contributed by atoms with van der Waals surface area (Å²) in [6.45, 7) is 2.28. The molecule has 0 atom stereocenters. The topological polar surface area (TPSA) is 38.3 Å². The van der Waals surface area contributed by atoms with Gasteiger partial charge in [0.05, 0.1) is 7.11 Å². The van der Waals surface area contributed by atoms with E-state index in [2.05, 4.69) is 5.32 Å². The molecule has 0 aliphatic carbocycles. The smallest absolute Gasteiger partial charge is 0.220 e. The third-order valence-corrected chi connectivity index (χ3v) is 2.18. The van der Waals surface area contributed by atoms with Crippen LogP contribution >= 0.6 is 0 Å². The van der Waals surface area contributed by atoms with Crippen LogP contribution in [0.5, 0.6) is 5.75 Å². The highest BCUT2D eigenvalue weighted by Crippen LogP contribution is 2.17. The van der Waals surface area contributed by atoms with Crippen molar-refractivity contribution < 1.29 is 13.9 Å². The number of hydrogen-bond acceptors (Lipinski definition) is 2. The molecule has 1 N–H and O–H groups in total. The third-order valence-electron chi connectivity index (χ3n) is 2.18. The van der Waals surface area contributed by atoms with Gasteiger partial charge in [-0.15, -0.1) is 0 Å². The number of ether oxygens (including phenoxy) is 1. The summed E-state index contributed by atoms with van der Waals surface area (Å²) in [5.74, 6) is -0.216. The van der Waals surface area contributed by atoms with Crippen molar-refractivity contribution in [1.29, 1.82) is 0 Å². The number of carbonyl (C=O) groups excluding carboxylic acids is 1. The maximum atomic E-state index is 13.3. The van der Waals surface area contributed by atoms with Crippen molar-refractivity contribution in [2.24, 2.45) is 0 Å². The normalized spacial score (nSPS) is 9.94. The van der Waals surface area contributed by atoms with Crippen LogP contribution in [0.25, 0.3) is 0 Å². The van der Waals surface area contributed by atoms with E-state index in [1.807, 2.05) is 6.92 Å². The molecule has 0 fully saturated rings. The second kappa shape index (κ2) is 6.10. The molecule has 0 aromatic heterocycles. The van der Waals surface area contributed by atoms with Crippen molar-refractivity contribution in [2.75, 3.05) is 7.11 Å². The van der Waals surface area contributed by atoms with Gasteiger partial charge < -0.3 is 10.1 Å². The molecule has 16 heavy (non-hydrogen) atoms. The van der Waals surface area contributed by atoms with Crippen LogP contribution in [-0.4, -0.2) is 13.0 Å². The van der Waals surface area contributed by atoms with Crippen LogP contribution in [-0.2, 0) is 11.3 Å². The number of rotatable bonds is 5. The van der Waals surface area contributed by atoms with Gasteiger partial charge in [-0.2, -0.15) is 0 Å². The maximum absolute atomic E-state index is 13.3. The molecule has 1 aromatic carbocycles. The largest absolute Gasteiger partial charge is 0.494 e. The predicted octanol–water partition coefficient (Wildman–Crippen LogP) is 2.25. The van der Waals surface area contributed by atoms with Crippen LogP contribution in [0.4, 0.5) is 4.39 Å². The number of nitrogens with one attached hydrogen (secondary N) is 1. The number of carbonyl (C=O) groups is 1. The Kier molecular flexibility index (Phi) is 4.76. The first-order valence-corrected chi connectivity index (χ1v) is 5.26. The zero-order chi connectivity index (χ0) is 12.0. The molecular weight excluding hydrogens is 209 g/mol. The van der Waals surface area contributed by atoms with Crippen LogP contribution in [0.1, 0.15) is 25.3 Å². The first kappa shape index (κ1) is 12.5. The van der Waals surface area contributed by atoms with E-state index >= 15 is 0 Å². The van der Waals surface area contributed by atoms with Gasteiger partial charge in [-0.3, -0.25) is 4.79 Å². The van der Waals surface area contributed by atoms with E-state index < -0.39 is 5.82 Å². The van der Waals surface area contributed by atoms with E-state index in [0.717, 1.165) is 12.0 Å². The minimum atomic E-state index is -0.412. The maximum Gasteiger partial charge on any atom is 0.220 e. The van der Waals surface area contributed by atoms with E-state index in [0.29, 0.717) is 13.0 Å². The molecule has 0 aliphatic heterocycles. The molecule has 0 saturated heterocycles. The quantitative estimate of drug-likeness (QED) is 0.834. The van der Waals surface area contributed by atoms with Gasteiger partial charge in [0.2, 0.25) is 5.91 Å². The average molecular weight is 225 g/mol. The van der Waals surface area contributed by atoms with Gasteiger partial charge in [-0.05, 0) is 24.1 Å². The van der Waals surface area contributed by atoms with E-state index in [1.54, 1.807) is 12.1 Å². The molecular formula is C12H16FNO2. The summed E-state index contributed by atoms with van der Waals surface area (Å²) >= 11 is 0. The van der Waals surface area contributed by atoms with E-state index in [4.69, 9.17) is 4.74 Å². The Bertz CT molecular complexity index is 366. The average Bonchev–Trinajstić information content (AvgIpc) is 2.27. The monoisotopic (exact) mass is 225 g/mol. The highest BCUT2D eigenvalue weighted by atomic mass is 19.1. The van der Waals surface area contributed by atoms with Crippen LogP contribution in [0.2, 0.25) is 0 Å². The molecule has 0 bridgehead atoms. The van der Waals surface area contributed by atoms with Crippen molar-refractivity contribution in [3.8, 4) is 5.75 Å². The molecule has 0 spiro atoms. The molecule has 3 nitrogen and oxygen atoms in total. The Hall–Kier alpha value is -1.58. The number of halogens is 1. The standard InChI is InChI=1S/C12H16FNO2/c1-3-4-12(15)14-8-9-5-6-11(16-2)10(13)7-9/h5-7H,3-4,8H2,1-2H3,(H,14,15). The highest BCUT2D eigenvalue weighted by Gasteiger charge is 2.04. The molecule has 0 radical (unpaired) electrons. The summed E-state index contributed by atoms with van der Waals surface area (Å²) in [6, 6.07) is 4.65.